The Morgan fingerprint density at radius 1 is 1.14 bits per heavy atom. The molecule has 0 aromatic carbocycles. The lowest BCUT2D eigenvalue weighted by molar-refractivity contribution is 0.401. The quantitative estimate of drug-likeness (QED) is 0.547. The summed E-state index contributed by atoms with van der Waals surface area (Å²) in [6.07, 6.45) is 0. The average molecular weight is 242 g/mol. The summed E-state index contributed by atoms with van der Waals surface area (Å²) in [5.74, 6) is 0. The number of hydrogen-bond acceptors (Lipinski definition) is 4. The maximum Gasteiger partial charge on any atom is 0.274 e. The highest BCUT2D eigenvalue weighted by Crippen LogP contribution is 2.55. The molecular formula is C8H19O4PS. The average Bonchev–Trinajstić information content (AvgIpc) is 2.03. The zero-order valence-electron chi connectivity index (χ0n) is 9.35. The van der Waals surface area contributed by atoms with E-state index in [0.29, 0.717) is 0 Å². The molecule has 0 saturated carbocycles. The second-order valence-corrected chi connectivity index (χ2v) is 10.2. The first-order valence-electron chi connectivity index (χ1n) is 4.52. The summed E-state index contributed by atoms with van der Waals surface area (Å²) in [5, 5.41) is 0. The van der Waals surface area contributed by atoms with Crippen LogP contribution in [0.4, 0.5) is 0 Å². The van der Waals surface area contributed by atoms with Crippen LogP contribution >= 0.6 is 7.14 Å². The van der Waals surface area contributed by atoms with Crippen LogP contribution in [0.3, 0.4) is 0 Å². The first kappa shape index (κ1) is 14.1. The van der Waals surface area contributed by atoms with Crippen molar-refractivity contribution in [2.45, 2.75) is 39.0 Å². The minimum Gasteiger partial charge on any atom is -0.322 e. The van der Waals surface area contributed by atoms with Gasteiger partial charge in [-0.2, -0.15) is 8.42 Å². The molecule has 0 saturated heterocycles. The third kappa shape index (κ3) is 3.37. The highest BCUT2D eigenvalue weighted by Gasteiger charge is 2.35. The maximum absolute atomic E-state index is 12.3. The Morgan fingerprint density at radius 3 is 1.71 bits per heavy atom. The second-order valence-electron chi connectivity index (χ2n) is 3.90. The van der Waals surface area contributed by atoms with E-state index in [0.717, 1.165) is 7.11 Å². The van der Waals surface area contributed by atoms with Crippen molar-refractivity contribution in [3.05, 3.63) is 0 Å². The molecule has 0 N–H and O–H groups in total. The first-order chi connectivity index (χ1) is 6.15. The highest BCUT2D eigenvalue weighted by molar-refractivity contribution is 7.95. The summed E-state index contributed by atoms with van der Waals surface area (Å²) in [6.45, 7) is 7.13. The van der Waals surface area contributed by atoms with Gasteiger partial charge in [0.15, 0.2) is 0 Å². The summed E-state index contributed by atoms with van der Waals surface area (Å²) >= 11 is 0. The third-order valence-corrected chi connectivity index (χ3v) is 9.25. The number of rotatable bonds is 5. The summed E-state index contributed by atoms with van der Waals surface area (Å²) in [7, 11) is -5.25. The largest absolute Gasteiger partial charge is 0.322 e. The fourth-order valence-corrected chi connectivity index (χ4v) is 7.17. The number of hydrogen-bond donors (Lipinski definition) is 0. The van der Waals surface area contributed by atoms with Gasteiger partial charge in [0, 0.05) is 11.3 Å². The van der Waals surface area contributed by atoms with Gasteiger partial charge >= 0.3 is 0 Å². The van der Waals surface area contributed by atoms with Crippen LogP contribution in [0.25, 0.3) is 0 Å². The van der Waals surface area contributed by atoms with Gasteiger partial charge < -0.3 is 4.57 Å². The molecule has 6 heteroatoms. The van der Waals surface area contributed by atoms with Gasteiger partial charge in [0.05, 0.1) is 7.11 Å². The Labute approximate surface area is 86.5 Å². The van der Waals surface area contributed by atoms with Crippen molar-refractivity contribution in [2.24, 2.45) is 0 Å². The van der Waals surface area contributed by atoms with E-state index >= 15 is 0 Å². The van der Waals surface area contributed by atoms with E-state index in [1.165, 1.54) is 0 Å². The molecule has 0 spiro atoms. The van der Waals surface area contributed by atoms with Crippen LogP contribution in [-0.2, 0) is 18.9 Å². The Kier molecular flexibility index (Phi) is 4.82. The lowest BCUT2D eigenvalue weighted by Crippen LogP contribution is -2.18. The fourth-order valence-electron chi connectivity index (χ4n) is 1.19. The van der Waals surface area contributed by atoms with E-state index < -0.39 is 17.3 Å². The van der Waals surface area contributed by atoms with Gasteiger partial charge in [0.25, 0.3) is 10.1 Å². The minimum atomic E-state index is -3.63. The molecule has 0 fully saturated rings. The summed E-state index contributed by atoms with van der Waals surface area (Å²) in [6, 6.07) is 0. The molecule has 0 aliphatic heterocycles. The molecule has 0 aromatic rings. The molecule has 0 aliphatic rings. The molecule has 14 heavy (non-hydrogen) atoms. The van der Waals surface area contributed by atoms with Crippen LogP contribution < -0.4 is 0 Å². The topological polar surface area (TPSA) is 60.4 Å². The van der Waals surface area contributed by atoms with Crippen LogP contribution in [0.1, 0.15) is 27.7 Å². The van der Waals surface area contributed by atoms with Crippen LogP contribution in [0.2, 0.25) is 0 Å². The monoisotopic (exact) mass is 242 g/mol. The molecule has 0 amide bonds. The molecule has 0 heterocycles. The van der Waals surface area contributed by atoms with Crippen molar-refractivity contribution in [1.82, 2.24) is 0 Å². The van der Waals surface area contributed by atoms with Gasteiger partial charge in [-0.15, -0.1) is 0 Å². The zero-order chi connectivity index (χ0) is 11.6. The normalized spacial score (nSPS) is 13.9. The summed E-state index contributed by atoms with van der Waals surface area (Å²) in [4.78, 5) is 0. The van der Waals surface area contributed by atoms with Crippen molar-refractivity contribution >= 4 is 17.3 Å². The molecular weight excluding hydrogens is 223 g/mol. The maximum atomic E-state index is 12.3. The third-order valence-electron chi connectivity index (χ3n) is 2.36. The van der Waals surface area contributed by atoms with Crippen molar-refractivity contribution in [3.8, 4) is 0 Å². The predicted octanol–water partition coefficient (Wildman–Crippen LogP) is 2.10. The molecule has 0 rings (SSSR count). The molecule has 0 unspecified atom stereocenters. The lowest BCUT2D eigenvalue weighted by Gasteiger charge is -2.25. The van der Waals surface area contributed by atoms with Gasteiger partial charge in [0.1, 0.15) is 12.6 Å². The van der Waals surface area contributed by atoms with E-state index in [1.807, 2.05) is 0 Å². The Hall–Kier alpha value is 0.140. The van der Waals surface area contributed by atoms with Crippen molar-refractivity contribution < 1.29 is 17.2 Å². The van der Waals surface area contributed by atoms with E-state index in [9.17, 15) is 13.0 Å². The van der Waals surface area contributed by atoms with Gasteiger partial charge in [-0.25, -0.2) is 0 Å². The van der Waals surface area contributed by atoms with Crippen LogP contribution in [0.5, 0.6) is 0 Å². The molecule has 4 nitrogen and oxygen atoms in total. The highest BCUT2D eigenvalue weighted by atomic mass is 32.2. The molecule has 0 aromatic heterocycles. The SMILES string of the molecule is COS(=O)(=O)CP(=O)(C(C)C)C(C)C. The summed E-state index contributed by atoms with van der Waals surface area (Å²) < 4.78 is 39.1. The van der Waals surface area contributed by atoms with Gasteiger partial charge in [-0.1, -0.05) is 27.7 Å². The van der Waals surface area contributed by atoms with E-state index in [2.05, 4.69) is 4.18 Å². The fraction of sp³-hybridized carbons (Fsp3) is 1.00. The molecule has 0 atom stereocenters. The van der Waals surface area contributed by atoms with Gasteiger partial charge in [-0.3, -0.25) is 4.18 Å². The molecule has 0 bridgehead atoms. The standard InChI is InChI=1S/C8H19O4PS/c1-7(2)13(9,8(3)4)6-14(10,11)12-5/h7-8H,6H2,1-5H3. The summed E-state index contributed by atoms with van der Waals surface area (Å²) in [5.41, 5.74) is -0.619. The molecule has 86 valence electrons. The van der Waals surface area contributed by atoms with Gasteiger partial charge in [-0.05, 0) is 0 Å². The second kappa shape index (κ2) is 4.77. The predicted molar refractivity (Wildman–Crippen MR) is 58.7 cm³/mol. The zero-order valence-corrected chi connectivity index (χ0v) is 11.1. The molecule has 0 radical (unpaired) electrons. The Morgan fingerprint density at radius 2 is 1.50 bits per heavy atom. The van der Waals surface area contributed by atoms with E-state index in [4.69, 9.17) is 0 Å². The lowest BCUT2D eigenvalue weighted by atomic mass is 10.5. The Balaban J connectivity index is 5.00. The van der Waals surface area contributed by atoms with Crippen molar-refractivity contribution in [1.29, 1.82) is 0 Å². The first-order valence-corrected chi connectivity index (χ1v) is 8.13. The van der Waals surface area contributed by atoms with Crippen LogP contribution in [0, 0.1) is 0 Å². The van der Waals surface area contributed by atoms with Crippen molar-refractivity contribution in [2.75, 3.05) is 12.6 Å². The van der Waals surface area contributed by atoms with E-state index in [1.54, 1.807) is 27.7 Å². The van der Waals surface area contributed by atoms with Crippen molar-refractivity contribution in [3.63, 3.8) is 0 Å². The van der Waals surface area contributed by atoms with E-state index in [-0.39, 0.29) is 16.8 Å². The van der Waals surface area contributed by atoms with Crippen LogP contribution in [-0.4, -0.2) is 32.3 Å². The minimum absolute atomic E-state index is 0.132. The van der Waals surface area contributed by atoms with Crippen LogP contribution in [0.15, 0.2) is 0 Å². The smallest absolute Gasteiger partial charge is 0.274 e. The molecule has 0 aliphatic carbocycles. The van der Waals surface area contributed by atoms with Gasteiger partial charge in [0.2, 0.25) is 0 Å². The Bertz CT molecular complexity index is 306.